The third kappa shape index (κ3) is 5.52. The average molecular weight is 579 g/mol. The van der Waals surface area contributed by atoms with Crippen LogP contribution >= 0.6 is 11.3 Å². The first-order valence-corrected chi connectivity index (χ1v) is 14.2. The highest BCUT2D eigenvalue weighted by atomic mass is 32.1. The number of hydrogen-bond donors (Lipinski definition) is 1. The van der Waals surface area contributed by atoms with Gasteiger partial charge in [-0.15, -0.1) is 0 Å². The van der Waals surface area contributed by atoms with Gasteiger partial charge in [0.25, 0.3) is 11.2 Å². The van der Waals surface area contributed by atoms with Crippen LogP contribution < -0.4 is 29.4 Å². The van der Waals surface area contributed by atoms with Gasteiger partial charge >= 0.3 is 5.97 Å². The number of methoxy groups -OCH3 is 1. The zero-order chi connectivity index (χ0) is 29.3. The lowest BCUT2D eigenvalue weighted by Crippen LogP contribution is -3.12. The molecule has 0 unspecified atom stereocenters. The number of allylic oxidation sites excluding steroid dienone is 1. The van der Waals surface area contributed by atoms with Crippen LogP contribution in [-0.2, 0) is 9.53 Å². The van der Waals surface area contributed by atoms with E-state index in [2.05, 4.69) is 16.9 Å². The number of carbonyl (C=O) groups excluding carboxylic acids is 1. The monoisotopic (exact) mass is 578 g/mol. The molecule has 214 valence electrons. The zero-order valence-corrected chi connectivity index (χ0v) is 24.2. The molecule has 1 N–H and O–H groups in total. The summed E-state index contributed by atoms with van der Waals surface area (Å²) in [6.07, 6.45) is 1.70. The molecule has 3 aromatic rings. The van der Waals surface area contributed by atoms with Gasteiger partial charge < -0.3 is 19.3 Å². The number of fused-ring (bicyclic) bond motifs is 1. The van der Waals surface area contributed by atoms with Gasteiger partial charge in [0.2, 0.25) is 0 Å². The topological polar surface area (TPSA) is 121 Å². The minimum absolute atomic E-state index is 0.0518. The van der Waals surface area contributed by atoms with E-state index in [1.807, 2.05) is 12.1 Å². The molecular formula is C29H32N5O6S+. The fourth-order valence-corrected chi connectivity index (χ4v) is 6.26. The fraction of sp³-hybridized carbons (Fsp3) is 0.345. The number of quaternary nitrogens is 1. The number of non-ortho nitro benzene ring substituents is 1. The number of nitrogens with zero attached hydrogens (tertiary/aromatic N) is 4. The molecule has 1 saturated heterocycles. The molecular weight excluding hydrogens is 546 g/mol. The SMILES string of the molecule is CCOC(=O)C1=C(C)N=c2s/c(=C/c3cc([N+](=O)[O-])ccc3N3CC[NH+](C)CC3)c(=O)n2[C@H]1c1ccc(OC)cc1. The molecule has 41 heavy (non-hydrogen) atoms. The minimum Gasteiger partial charge on any atom is -0.497 e. The molecule has 11 nitrogen and oxygen atoms in total. The summed E-state index contributed by atoms with van der Waals surface area (Å²) in [4.78, 5) is 47.0. The van der Waals surface area contributed by atoms with E-state index in [1.54, 1.807) is 45.2 Å². The highest BCUT2D eigenvalue weighted by molar-refractivity contribution is 7.07. The van der Waals surface area contributed by atoms with Crippen molar-refractivity contribution in [2.75, 3.05) is 51.8 Å². The molecule has 0 aliphatic carbocycles. The van der Waals surface area contributed by atoms with E-state index in [1.165, 1.54) is 32.9 Å². The Hall–Kier alpha value is -4.29. The molecule has 1 atom stereocenters. The summed E-state index contributed by atoms with van der Waals surface area (Å²) in [5.41, 5.74) is 2.48. The van der Waals surface area contributed by atoms with Gasteiger partial charge in [0, 0.05) is 23.4 Å². The van der Waals surface area contributed by atoms with E-state index in [0.29, 0.717) is 31.9 Å². The number of carbonyl (C=O) groups is 1. The van der Waals surface area contributed by atoms with Gasteiger partial charge in [0.15, 0.2) is 4.80 Å². The van der Waals surface area contributed by atoms with Gasteiger partial charge in [0.05, 0.1) is 73.7 Å². The predicted octanol–water partition coefficient (Wildman–Crippen LogP) is 1.05. The highest BCUT2D eigenvalue weighted by Crippen LogP contribution is 2.32. The Labute approximate surface area is 240 Å². The van der Waals surface area contributed by atoms with Crippen LogP contribution in [0.3, 0.4) is 0 Å². The van der Waals surface area contributed by atoms with Gasteiger partial charge in [-0.2, -0.15) is 0 Å². The normalized spacial score (nSPS) is 17.7. The number of nitro benzene ring substituents is 1. The molecule has 0 radical (unpaired) electrons. The predicted molar refractivity (Wildman–Crippen MR) is 155 cm³/mol. The quantitative estimate of drug-likeness (QED) is 0.253. The first-order valence-electron chi connectivity index (χ1n) is 13.4. The van der Waals surface area contributed by atoms with E-state index in [0.717, 1.165) is 31.9 Å². The Morgan fingerprint density at radius 1 is 1.22 bits per heavy atom. The molecule has 2 aliphatic rings. The lowest BCUT2D eigenvalue weighted by atomic mass is 9.96. The lowest BCUT2D eigenvalue weighted by molar-refractivity contribution is -0.880. The van der Waals surface area contributed by atoms with Crippen molar-refractivity contribution in [3.63, 3.8) is 0 Å². The summed E-state index contributed by atoms with van der Waals surface area (Å²) in [6, 6.07) is 11.2. The van der Waals surface area contributed by atoms with E-state index < -0.39 is 16.9 Å². The van der Waals surface area contributed by atoms with Gasteiger partial charge in [-0.25, -0.2) is 9.79 Å². The highest BCUT2D eigenvalue weighted by Gasteiger charge is 2.33. The second kappa shape index (κ2) is 11.7. The molecule has 2 aliphatic heterocycles. The van der Waals surface area contributed by atoms with Crippen molar-refractivity contribution < 1.29 is 24.1 Å². The number of aromatic nitrogens is 1. The van der Waals surface area contributed by atoms with Crippen molar-refractivity contribution in [1.29, 1.82) is 0 Å². The van der Waals surface area contributed by atoms with Crippen molar-refractivity contribution in [2.45, 2.75) is 19.9 Å². The second-order valence-corrected chi connectivity index (χ2v) is 11.0. The van der Waals surface area contributed by atoms with Gasteiger partial charge in [-0.05, 0) is 43.7 Å². The van der Waals surface area contributed by atoms with Crippen molar-refractivity contribution >= 4 is 34.8 Å². The van der Waals surface area contributed by atoms with Crippen LogP contribution in [-0.4, -0.2) is 62.4 Å². The number of likely N-dealkylation sites (N-methyl/N-ethyl adjacent to an activating group) is 1. The van der Waals surface area contributed by atoms with Crippen molar-refractivity contribution in [3.8, 4) is 5.75 Å². The second-order valence-electron chi connectivity index (χ2n) is 10.0. The number of piperazine rings is 1. The van der Waals surface area contributed by atoms with E-state index in [-0.39, 0.29) is 23.4 Å². The third-order valence-electron chi connectivity index (χ3n) is 7.41. The molecule has 0 bridgehead atoms. The van der Waals surface area contributed by atoms with Crippen molar-refractivity contribution in [3.05, 3.63) is 94.7 Å². The summed E-state index contributed by atoms with van der Waals surface area (Å²) in [5, 5.41) is 11.6. The van der Waals surface area contributed by atoms with E-state index in [9.17, 15) is 19.7 Å². The lowest BCUT2D eigenvalue weighted by Gasteiger charge is -2.32. The Kier molecular flexibility index (Phi) is 8.04. The smallest absolute Gasteiger partial charge is 0.338 e. The molecule has 5 rings (SSSR count). The van der Waals surface area contributed by atoms with Crippen LogP contribution in [0.1, 0.15) is 31.0 Å². The summed E-state index contributed by atoms with van der Waals surface area (Å²) in [5.74, 6) is 0.102. The summed E-state index contributed by atoms with van der Waals surface area (Å²) in [7, 11) is 3.71. The van der Waals surface area contributed by atoms with Gasteiger partial charge in [-0.1, -0.05) is 23.5 Å². The van der Waals surface area contributed by atoms with E-state index >= 15 is 0 Å². The molecule has 0 spiro atoms. The summed E-state index contributed by atoms with van der Waals surface area (Å²) >= 11 is 1.19. The number of hydrogen-bond acceptors (Lipinski definition) is 9. The largest absolute Gasteiger partial charge is 0.497 e. The van der Waals surface area contributed by atoms with Gasteiger partial charge in [-0.3, -0.25) is 19.5 Å². The van der Waals surface area contributed by atoms with Crippen molar-refractivity contribution in [1.82, 2.24) is 4.57 Å². The number of ether oxygens (including phenoxy) is 2. The van der Waals surface area contributed by atoms with Crippen molar-refractivity contribution in [2.24, 2.45) is 4.99 Å². The average Bonchev–Trinajstić information content (AvgIpc) is 3.26. The maximum atomic E-state index is 14.0. The van der Waals surface area contributed by atoms with E-state index in [4.69, 9.17) is 9.47 Å². The van der Waals surface area contributed by atoms with Gasteiger partial charge in [0.1, 0.15) is 5.75 Å². The van der Waals surface area contributed by atoms with Crippen LogP contribution in [0.15, 0.2) is 63.5 Å². The molecule has 1 fully saturated rings. The number of anilines is 1. The molecule has 3 heterocycles. The van der Waals surface area contributed by atoms with Crippen LogP contribution in [0.5, 0.6) is 5.75 Å². The molecule has 0 amide bonds. The van der Waals surface area contributed by atoms with Crippen LogP contribution in [0.4, 0.5) is 11.4 Å². The first kappa shape index (κ1) is 28.2. The summed E-state index contributed by atoms with van der Waals surface area (Å²) < 4.78 is 12.5. The number of nitro groups is 1. The molecule has 0 saturated carbocycles. The first-order chi connectivity index (χ1) is 19.7. The standard InChI is InChI=1S/C29H31N5O6S/c1-5-40-28(36)25-18(2)30-29-33(26(25)19-6-9-22(39-4)10-7-19)27(35)24(41-29)17-20-16-21(34(37)38)8-11-23(20)32-14-12-31(3)13-15-32/h6-11,16-17,26H,5,12-15H2,1-4H3/p+1/b24-17+/t26-/m0/s1. The third-order valence-corrected chi connectivity index (χ3v) is 8.40. The Balaban J connectivity index is 1.69. The zero-order valence-electron chi connectivity index (χ0n) is 23.4. The fourth-order valence-electron chi connectivity index (χ4n) is 5.22. The number of nitrogens with one attached hydrogen (secondary N) is 1. The Morgan fingerprint density at radius 3 is 2.56 bits per heavy atom. The summed E-state index contributed by atoms with van der Waals surface area (Å²) in [6.45, 7) is 7.11. The van der Waals surface area contributed by atoms with Crippen LogP contribution in [0.25, 0.3) is 6.08 Å². The molecule has 2 aromatic carbocycles. The Bertz CT molecular complexity index is 1700. The molecule has 1 aromatic heterocycles. The maximum absolute atomic E-state index is 14.0. The maximum Gasteiger partial charge on any atom is 0.338 e. The Morgan fingerprint density at radius 2 is 1.93 bits per heavy atom. The van der Waals surface area contributed by atoms with Crippen LogP contribution in [0, 0.1) is 10.1 Å². The minimum atomic E-state index is -0.761. The number of esters is 1. The molecule has 12 heteroatoms. The number of rotatable bonds is 7. The number of thiazole rings is 1. The van der Waals surface area contributed by atoms with Crippen LogP contribution in [0.2, 0.25) is 0 Å². The number of benzene rings is 2.